The van der Waals surface area contributed by atoms with Crippen LogP contribution in [0.3, 0.4) is 0 Å². The Bertz CT molecular complexity index is 93.1. The van der Waals surface area contributed by atoms with E-state index in [9.17, 15) is 4.79 Å². The fourth-order valence-corrected chi connectivity index (χ4v) is 0.381. The summed E-state index contributed by atoms with van der Waals surface area (Å²) >= 11 is 0. The molecule has 0 spiro atoms. The Morgan fingerprint density at radius 1 is 1.78 bits per heavy atom. The summed E-state index contributed by atoms with van der Waals surface area (Å²) in [6.45, 7) is 4.32. The van der Waals surface area contributed by atoms with Gasteiger partial charge in [0.1, 0.15) is 0 Å². The fraction of sp³-hybridized carbons (Fsp3) is 0.833. The summed E-state index contributed by atoms with van der Waals surface area (Å²) in [4.78, 5) is 10.7. The molecule has 0 bridgehead atoms. The molecule has 2 N–H and O–H groups in total. The lowest BCUT2D eigenvalue weighted by atomic mass is 10.2. The highest BCUT2D eigenvalue weighted by molar-refractivity contribution is 5.72. The molecule has 0 aliphatic rings. The summed E-state index contributed by atoms with van der Waals surface area (Å²) in [6, 6.07) is 0. The molecule has 9 heavy (non-hydrogen) atoms. The first-order valence-corrected chi connectivity index (χ1v) is 3.09. The Labute approximate surface area is 55.2 Å². The minimum atomic E-state index is -0.208. The molecule has 0 fully saturated rings. The number of carbonyl (C=O) groups excluding carboxylic acids is 1. The maximum Gasteiger partial charge on any atom is 0.309 e. The minimum absolute atomic E-state index is 0.162. The van der Waals surface area contributed by atoms with Crippen molar-refractivity contribution in [3.8, 4) is 0 Å². The molecule has 0 aromatic heterocycles. The molecule has 0 aromatic carbocycles. The molecule has 0 aliphatic heterocycles. The first-order chi connectivity index (χ1) is 4.22. The molecule has 0 rings (SSSR count). The molecular formula is C6H13NO2. The lowest BCUT2D eigenvalue weighted by molar-refractivity contribution is -0.146. The summed E-state index contributed by atoms with van der Waals surface area (Å²) in [5.74, 6) is -0.370. The number of hydrogen-bond donors (Lipinski definition) is 1. The van der Waals surface area contributed by atoms with E-state index in [2.05, 4.69) is 4.74 Å². The van der Waals surface area contributed by atoms with E-state index in [1.807, 2.05) is 0 Å². The molecular weight excluding hydrogens is 118 g/mol. The molecule has 0 saturated carbocycles. The van der Waals surface area contributed by atoms with E-state index >= 15 is 0 Å². The van der Waals surface area contributed by atoms with E-state index in [-0.39, 0.29) is 11.9 Å². The number of esters is 1. The van der Waals surface area contributed by atoms with Crippen LogP contribution in [0.15, 0.2) is 0 Å². The van der Waals surface area contributed by atoms with Crippen LogP contribution in [-0.2, 0) is 9.53 Å². The van der Waals surface area contributed by atoms with Gasteiger partial charge < -0.3 is 10.5 Å². The minimum Gasteiger partial charge on any atom is -0.466 e. The SMILES string of the molecule is CCOC(=O)[C@@H](C)CN. The van der Waals surface area contributed by atoms with Crippen molar-refractivity contribution in [2.24, 2.45) is 11.7 Å². The van der Waals surface area contributed by atoms with Gasteiger partial charge in [0, 0.05) is 6.54 Å². The summed E-state index contributed by atoms with van der Waals surface area (Å²) < 4.78 is 4.68. The van der Waals surface area contributed by atoms with Gasteiger partial charge in [0.05, 0.1) is 12.5 Å². The molecule has 3 nitrogen and oxygen atoms in total. The Hall–Kier alpha value is -0.570. The van der Waals surface area contributed by atoms with E-state index in [4.69, 9.17) is 5.73 Å². The number of ether oxygens (including phenoxy) is 1. The number of nitrogens with two attached hydrogens (primary N) is 1. The van der Waals surface area contributed by atoms with Gasteiger partial charge in [-0.15, -0.1) is 0 Å². The summed E-state index contributed by atoms with van der Waals surface area (Å²) in [7, 11) is 0. The number of carbonyl (C=O) groups is 1. The highest BCUT2D eigenvalue weighted by atomic mass is 16.5. The van der Waals surface area contributed by atoms with E-state index in [1.165, 1.54) is 0 Å². The summed E-state index contributed by atoms with van der Waals surface area (Å²) in [5, 5.41) is 0. The van der Waals surface area contributed by atoms with Crippen LogP contribution in [0.1, 0.15) is 13.8 Å². The average molecular weight is 131 g/mol. The van der Waals surface area contributed by atoms with Gasteiger partial charge in [-0.2, -0.15) is 0 Å². The van der Waals surface area contributed by atoms with Crippen molar-refractivity contribution in [3.63, 3.8) is 0 Å². The van der Waals surface area contributed by atoms with Crippen LogP contribution in [0.4, 0.5) is 0 Å². The molecule has 0 radical (unpaired) electrons. The van der Waals surface area contributed by atoms with E-state index in [1.54, 1.807) is 13.8 Å². The van der Waals surface area contributed by atoms with Gasteiger partial charge in [0.15, 0.2) is 0 Å². The van der Waals surface area contributed by atoms with E-state index < -0.39 is 0 Å². The maximum atomic E-state index is 10.7. The van der Waals surface area contributed by atoms with Gasteiger partial charge in [0.2, 0.25) is 0 Å². The van der Waals surface area contributed by atoms with Crippen molar-refractivity contribution in [1.29, 1.82) is 0 Å². The van der Waals surface area contributed by atoms with Gasteiger partial charge in [-0.1, -0.05) is 6.92 Å². The third kappa shape index (κ3) is 3.08. The highest BCUT2D eigenvalue weighted by Gasteiger charge is 2.09. The van der Waals surface area contributed by atoms with Crippen molar-refractivity contribution in [2.45, 2.75) is 13.8 Å². The van der Waals surface area contributed by atoms with Crippen molar-refractivity contribution in [1.82, 2.24) is 0 Å². The molecule has 0 saturated heterocycles. The molecule has 0 heterocycles. The van der Waals surface area contributed by atoms with Crippen molar-refractivity contribution >= 4 is 5.97 Å². The monoisotopic (exact) mass is 131 g/mol. The average Bonchev–Trinajstić information content (AvgIpc) is 1.87. The predicted molar refractivity (Wildman–Crippen MR) is 34.9 cm³/mol. The lowest BCUT2D eigenvalue weighted by Gasteiger charge is -2.05. The smallest absolute Gasteiger partial charge is 0.309 e. The summed E-state index contributed by atoms with van der Waals surface area (Å²) in [6.07, 6.45) is 0. The molecule has 54 valence electrons. The molecule has 0 unspecified atom stereocenters. The number of hydrogen-bond acceptors (Lipinski definition) is 3. The Kier molecular flexibility index (Phi) is 4.05. The Balaban J connectivity index is 3.46. The van der Waals surface area contributed by atoms with Crippen LogP contribution < -0.4 is 5.73 Å². The van der Waals surface area contributed by atoms with Gasteiger partial charge in [-0.05, 0) is 6.92 Å². The van der Waals surface area contributed by atoms with Gasteiger partial charge >= 0.3 is 5.97 Å². The zero-order chi connectivity index (χ0) is 7.28. The van der Waals surface area contributed by atoms with Crippen LogP contribution in [0, 0.1) is 5.92 Å². The van der Waals surface area contributed by atoms with E-state index in [0.717, 1.165) is 0 Å². The molecule has 0 aliphatic carbocycles. The molecule has 0 aromatic rings. The second kappa shape index (κ2) is 4.32. The predicted octanol–water partition coefficient (Wildman–Crippen LogP) is 0.144. The van der Waals surface area contributed by atoms with Gasteiger partial charge in [-0.25, -0.2) is 0 Å². The van der Waals surface area contributed by atoms with Crippen LogP contribution in [0.5, 0.6) is 0 Å². The highest BCUT2D eigenvalue weighted by Crippen LogP contribution is 1.93. The third-order valence-corrected chi connectivity index (χ3v) is 1.04. The third-order valence-electron chi connectivity index (χ3n) is 1.04. The lowest BCUT2D eigenvalue weighted by Crippen LogP contribution is -2.22. The van der Waals surface area contributed by atoms with Crippen LogP contribution >= 0.6 is 0 Å². The zero-order valence-electron chi connectivity index (χ0n) is 5.89. The quantitative estimate of drug-likeness (QED) is 0.554. The first kappa shape index (κ1) is 8.43. The molecule has 1 atom stereocenters. The van der Waals surface area contributed by atoms with Crippen molar-refractivity contribution in [3.05, 3.63) is 0 Å². The van der Waals surface area contributed by atoms with Crippen LogP contribution in [0.25, 0.3) is 0 Å². The van der Waals surface area contributed by atoms with Crippen molar-refractivity contribution < 1.29 is 9.53 Å². The topological polar surface area (TPSA) is 52.3 Å². The summed E-state index contributed by atoms with van der Waals surface area (Å²) in [5.41, 5.74) is 5.20. The van der Waals surface area contributed by atoms with Crippen LogP contribution in [0.2, 0.25) is 0 Å². The molecule has 0 amide bonds. The second-order valence-electron chi connectivity index (χ2n) is 1.89. The Morgan fingerprint density at radius 3 is 2.67 bits per heavy atom. The van der Waals surface area contributed by atoms with Crippen molar-refractivity contribution in [2.75, 3.05) is 13.2 Å². The van der Waals surface area contributed by atoms with Gasteiger partial charge in [0.25, 0.3) is 0 Å². The fourth-order valence-electron chi connectivity index (χ4n) is 0.381. The number of rotatable bonds is 3. The second-order valence-corrected chi connectivity index (χ2v) is 1.89. The molecule has 3 heteroatoms. The Morgan fingerprint density at radius 2 is 2.33 bits per heavy atom. The normalized spacial score (nSPS) is 12.8. The largest absolute Gasteiger partial charge is 0.466 e. The van der Waals surface area contributed by atoms with Crippen LogP contribution in [-0.4, -0.2) is 19.1 Å². The zero-order valence-corrected chi connectivity index (χ0v) is 5.89. The first-order valence-electron chi connectivity index (χ1n) is 3.09. The van der Waals surface area contributed by atoms with Gasteiger partial charge in [-0.3, -0.25) is 4.79 Å². The maximum absolute atomic E-state index is 10.7. The van der Waals surface area contributed by atoms with E-state index in [0.29, 0.717) is 13.2 Å². The standard InChI is InChI=1S/C6H13NO2/c1-3-9-6(8)5(2)4-7/h5H,3-4,7H2,1-2H3/t5-/m0/s1.